The summed E-state index contributed by atoms with van der Waals surface area (Å²) >= 11 is 0. The second kappa shape index (κ2) is 8.18. The highest BCUT2D eigenvalue weighted by atomic mass is 35.5. The Morgan fingerprint density at radius 2 is 2.16 bits per heavy atom. The molecule has 106 valence electrons. The quantitative estimate of drug-likeness (QED) is 0.872. The number of amides is 1. The molecule has 0 spiro atoms. The highest BCUT2D eigenvalue weighted by Crippen LogP contribution is 2.18. The van der Waals surface area contributed by atoms with Crippen molar-refractivity contribution in [3.05, 3.63) is 35.9 Å². The molecule has 0 radical (unpaired) electrons. The smallest absolute Gasteiger partial charge is 0.220 e. The second-order valence-electron chi connectivity index (χ2n) is 5.00. The van der Waals surface area contributed by atoms with Crippen molar-refractivity contribution in [1.29, 1.82) is 0 Å². The third-order valence-corrected chi connectivity index (χ3v) is 3.58. The fourth-order valence-corrected chi connectivity index (χ4v) is 2.51. The highest BCUT2D eigenvalue weighted by molar-refractivity contribution is 5.85. The molecule has 0 aliphatic carbocycles. The average Bonchev–Trinajstić information content (AvgIpc) is 2.90. The first kappa shape index (κ1) is 16.0. The number of benzene rings is 1. The first-order valence-corrected chi connectivity index (χ1v) is 6.84. The van der Waals surface area contributed by atoms with Crippen LogP contribution < -0.4 is 10.6 Å². The van der Waals surface area contributed by atoms with Gasteiger partial charge in [-0.2, -0.15) is 0 Å². The lowest BCUT2D eigenvalue weighted by molar-refractivity contribution is -0.122. The number of nitrogens with one attached hydrogen (secondary N) is 2. The molecule has 1 aliphatic rings. The van der Waals surface area contributed by atoms with Crippen LogP contribution in [0.15, 0.2) is 30.3 Å². The molecule has 19 heavy (non-hydrogen) atoms. The van der Waals surface area contributed by atoms with Crippen LogP contribution in [0.25, 0.3) is 0 Å². The van der Waals surface area contributed by atoms with E-state index >= 15 is 0 Å². The summed E-state index contributed by atoms with van der Waals surface area (Å²) in [7, 11) is 0. The molecule has 1 amide bonds. The van der Waals surface area contributed by atoms with Gasteiger partial charge in [0.1, 0.15) is 0 Å². The minimum absolute atomic E-state index is 0. The Bertz CT molecular complexity index is 377. The Kier molecular flexibility index (Phi) is 6.89. The van der Waals surface area contributed by atoms with E-state index in [-0.39, 0.29) is 24.4 Å². The number of carbonyl (C=O) groups excluding carboxylic acids is 1. The van der Waals surface area contributed by atoms with Crippen LogP contribution >= 0.6 is 12.4 Å². The molecule has 1 heterocycles. The van der Waals surface area contributed by atoms with Gasteiger partial charge in [0.05, 0.1) is 6.04 Å². The van der Waals surface area contributed by atoms with Crippen LogP contribution in [-0.2, 0) is 4.79 Å². The lowest BCUT2D eigenvalue weighted by atomic mass is 10.0. The Labute approximate surface area is 121 Å². The van der Waals surface area contributed by atoms with Gasteiger partial charge in [-0.05, 0) is 37.4 Å². The molecule has 1 aliphatic heterocycles. The molecule has 4 heteroatoms. The first-order valence-electron chi connectivity index (χ1n) is 6.84. The van der Waals surface area contributed by atoms with Crippen LogP contribution in [0.5, 0.6) is 0 Å². The number of halogens is 1. The fourth-order valence-electron chi connectivity index (χ4n) is 2.51. The molecule has 2 rings (SSSR count). The summed E-state index contributed by atoms with van der Waals surface area (Å²) < 4.78 is 0. The lowest BCUT2D eigenvalue weighted by Crippen LogP contribution is -2.30. The van der Waals surface area contributed by atoms with E-state index in [1.165, 1.54) is 5.56 Å². The van der Waals surface area contributed by atoms with Gasteiger partial charge < -0.3 is 10.6 Å². The van der Waals surface area contributed by atoms with E-state index in [0.29, 0.717) is 12.3 Å². The van der Waals surface area contributed by atoms with Gasteiger partial charge in [0.15, 0.2) is 0 Å². The third-order valence-electron chi connectivity index (χ3n) is 3.58. The standard InChI is InChI=1S/C15H22N2O.ClH/c1-2-14(13-6-4-3-5-7-13)17-15(18)10-12-8-9-16-11-12;/h3-7,12,14,16H,2,8-11H2,1H3,(H,17,18);1H. The van der Waals surface area contributed by atoms with Gasteiger partial charge in [-0.1, -0.05) is 37.3 Å². The minimum Gasteiger partial charge on any atom is -0.349 e. The van der Waals surface area contributed by atoms with Crippen molar-refractivity contribution in [3.63, 3.8) is 0 Å². The van der Waals surface area contributed by atoms with Crippen LogP contribution in [-0.4, -0.2) is 19.0 Å². The van der Waals surface area contributed by atoms with Crippen molar-refractivity contribution < 1.29 is 4.79 Å². The van der Waals surface area contributed by atoms with Crippen molar-refractivity contribution in [2.45, 2.75) is 32.2 Å². The zero-order chi connectivity index (χ0) is 12.8. The number of hydrogen-bond acceptors (Lipinski definition) is 2. The van der Waals surface area contributed by atoms with Gasteiger partial charge in [-0.15, -0.1) is 12.4 Å². The topological polar surface area (TPSA) is 41.1 Å². The zero-order valence-electron chi connectivity index (χ0n) is 11.4. The summed E-state index contributed by atoms with van der Waals surface area (Å²) in [6, 6.07) is 10.3. The van der Waals surface area contributed by atoms with Crippen LogP contribution in [0.4, 0.5) is 0 Å². The van der Waals surface area contributed by atoms with Crippen LogP contribution in [0.3, 0.4) is 0 Å². The van der Waals surface area contributed by atoms with Gasteiger partial charge in [0, 0.05) is 6.42 Å². The predicted molar refractivity (Wildman–Crippen MR) is 80.5 cm³/mol. The fraction of sp³-hybridized carbons (Fsp3) is 0.533. The zero-order valence-corrected chi connectivity index (χ0v) is 12.2. The van der Waals surface area contributed by atoms with E-state index in [1.54, 1.807) is 0 Å². The van der Waals surface area contributed by atoms with Gasteiger partial charge in [0.25, 0.3) is 0 Å². The summed E-state index contributed by atoms with van der Waals surface area (Å²) in [5.41, 5.74) is 1.19. The highest BCUT2D eigenvalue weighted by Gasteiger charge is 2.19. The Hall–Kier alpha value is -1.06. The maximum Gasteiger partial charge on any atom is 0.220 e. The summed E-state index contributed by atoms with van der Waals surface area (Å²) in [5.74, 6) is 0.692. The molecule has 0 aromatic heterocycles. The molecule has 3 nitrogen and oxygen atoms in total. The number of rotatable bonds is 5. The predicted octanol–water partition coefficient (Wildman–Crippen LogP) is 2.68. The maximum absolute atomic E-state index is 12.0. The van der Waals surface area contributed by atoms with E-state index in [4.69, 9.17) is 0 Å². The summed E-state index contributed by atoms with van der Waals surface area (Å²) in [6.45, 7) is 4.14. The molecular formula is C15H23ClN2O. The molecule has 2 N–H and O–H groups in total. The molecule has 2 atom stereocenters. The summed E-state index contributed by atoms with van der Waals surface area (Å²) in [5, 5.41) is 6.44. The van der Waals surface area contributed by atoms with Crippen molar-refractivity contribution in [2.75, 3.05) is 13.1 Å². The monoisotopic (exact) mass is 282 g/mol. The van der Waals surface area contributed by atoms with Gasteiger partial charge in [-0.25, -0.2) is 0 Å². The van der Waals surface area contributed by atoms with Crippen molar-refractivity contribution >= 4 is 18.3 Å². The Balaban J connectivity index is 0.00000180. The van der Waals surface area contributed by atoms with E-state index in [0.717, 1.165) is 25.9 Å². The van der Waals surface area contributed by atoms with Crippen LogP contribution in [0, 0.1) is 5.92 Å². The normalized spacial score (nSPS) is 19.5. The molecule has 0 bridgehead atoms. The lowest BCUT2D eigenvalue weighted by Gasteiger charge is -2.18. The van der Waals surface area contributed by atoms with E-state index in [9.17, 15) is 4.79 Å². The molecule has 1 aromatic carbocycles. The maximum atomic E-state index is 12.0. The van der Waals surface area contributed by atoms with E-state index in [2.05, 4.69) is 29.7 Å². The number of hydrogen-bond donors (Lipinski definition) is 2. The van der Waals surface area contributed by atoms with Gasteiger partial charge in [-0.3, -0.25) is 4.79 Å². The second-order valence-corrected chi connectivity index (χ2v) is 5.00. The molecule has 1 aromatic rings. The third kappa shape index (κ3) is 4.84. The summed E-state index contributed by atoms with van der Waals surface area (Å²) in [4.78, 5) is 12.0. The Morgan fingerprint density at radius 3 is 2.74 bits per heavy atom. The summed E-state index contributed by atoms with van der Waals surface area (Å²) in [6.07, 6.45) is 2.70. The first-order chi connectivity index (χ1) is 8.79. The van der Waals surface area contributed by atoms with Crippen molar-refractivity contribution in [3.8, 4) is 0 Å². The molecule has 1 saturated heterocycles. The molecule has 0 saturated carbocycles. The van der Waals surface area contributed by atoms with E-state index < -0.39 is 0 Å². The molecular weight excluding hydrogens is 260 g/mol. The molecule has 2 unspecified atom stereocenters. The Morgan fingerprint density at radius 1 is 1.42 bits per heavy atom. The largest absolute Gasteiger partial charge is 0.349 e. The molecule has 1 fully saturated rings. The van der Waals surface area contributed by atoms with Gasteiger partial charge >= 0.3 is 0 Å². The minimum atomic E-state index is 0. The number of carbonyl (C=O) groups is 1. The van der Waals surface area contributed by atoms with Crippen molar-refractivity contribution in [2.24, 2.45) is 5.92 Å². The van der Waals surface area contributed by atoms with Gasteiger partial charge in [0.2, 0.25) is 5.91 Å². The van der Waals surface area contributed by atoms with Crippen LogP contribution in [0.1, 0.15) is 37.8 Å². The van der Waals surface area contributed by atoms with E-state index in [1.807, 2.05) is 18.2 Å². The van der Waals surface area contributed by atoms with Crippen molar-refractivity contribution in [1.82, 2.24) is 10.6 Å². The SMILES string of the molecule is CCC(NC(=O)CC1CCNC1)c1ccccc1.Cl. The van der Waals surface area contributed by atoms with Crippen LogP contribution in [0.2, 0.25) is 0 Å². The average molecular weight is 283 g/mol.